The summed E-state index contributed by atoms with van der Waals surface area (Å²) < 4.78 is 5.59. The molecule has 0 N–H and O–H groups in total. The molecule has 6 heterocycles. The maximum Gasteiger partial charge on any atom is 0.0542 e. The van der Waals surface area contributed by atoms with Crippen LogP contribution in [0.25, 0.3) is 76.0 Å². The summed E-state index contributed by atoms with van der Waals surface area (Å²) in [5.41, 5.74) is 2.62. The zero-order valence-electron chi connectivity index (χ0n) is 21.7. The summed E-state index contributed by atoms with van der Waals surface area (Å²) >= 11 is 11.4. The first-order valence-corrected chi connectivity index (χ1v) is 17.9. The molecule has 194 valence electrons. The summed E-state index contributed by atoms with van der Waals surface area (Å²) in [5, 5.41) is 2.76. The summed E-state index contributed by atoms with van der Waals surface area (Å²) in [7, 11) is 0. The van der Waals surface area contributed by atoms with E-state index >= 15 is 0 Å². The molecule has 40 heavy (non-hydrogen) atoms. The van der Waals surface area contributed by atoms with Gasteiger partial charge in [-0.1, -0.05) is 30.3 Å². The van der Waals surface area contributed by atoms with Gasteiger partial charge in [-0.25, -0.2) is 0 Å². The third kappa shape index (κ3) is 4.26. The van der Waals surface area contributed by atoms with Crippen LogP contribution in [0, 0.1) is 6.92 Å². The van der Waals surface area contributed by atoms with Crippen LogP contribution in [0.3, 0.4) is 0 Å². The number of benzene rings is 2. The maximum absolute atomic E-state index is 2.39. The van der Waals surface area contributed by atoms with Gasteiger partial charge in [-0.3, -0.25) is 0 Å². The number of rotatable bonds is 5. The monoisotopic (exact) mass is 622 g/mol. The van der Waals surface area contributed by atoms with Gasteiger partial charge in [-0.2, -0.15) is 0 Å². The van der Waals surface area contributed by atoms with E-state index in [0.29, 0.717) is 0 Å². The first kappa shape index (κ1) is 24.9. The van der Waals surface area contributed by atoms with Crippen molar-refractivity contribution in [2.45, 2.75) is 13.8 Å². The van der Waals surface area contributed by atoms with Crippen molar-refractivity contribution in [1.82, 2.24) is 0 Å². The van der Waals surface area contributed by atoms with Gasteiger partial charge in [0, 0.05) is 59.2 Å². The molecular formula is C34H22S6. The molecule has 0 saturated carbocycles. The van der Waals surface area contributed by atoms with Crippen molar-refractivity contribution in [3.63, 3.8) is 0 Å². The molecule has 0 spiro atoms. The van der Waals surface area contributed by atoms with Gasteiger partial charge in [0.1, 0.15) is 0 Å². The quantitative estimate of drug-likeness (QED) is 0.179. The second kappa shape index (κ2) is 9.91. The lowest BCUT2D eigenvalue weighted by molar-refractivity contribution is 1.64. The van der Waals surface area contributed by atoms with Gasteiger partial charge in [-0.05, 0) is 91.7 Å². The molecule has 0 unspecified atom stereocenters. The van der Waals surface area contributed by atoms with E-state index in [9.17, 15) is 0 Å². The normalized spacial score (nSPS) is 12.2. The fourth-order valence-corrected chi connectivity index (χ4v) is 11.9. The first-order valence-electron chi connectivity index (χ1n) is 13.0. The number of thiophene rings is 6. The second-order valence-electron chi connectivity index (χ2n) is 9.72. The average Bonchev–Trinajstić information content (AvgIpc) is 3.79. The molecule has 0 atom stereocenters. The fraction of sp³-hybridized carbons (Fsp3) is 0.0588. The summed E-state index contributed by atoms with van der Waals surface area (Å²) in [6, 6.07) is 32.1. The standard InChI is InChI=1S/C34H22S6/c1-3-4-22-8-12-28(36-22)30-16-14-26(38-30)21-7-10-24-32(18-21)40-33-23-9-6-20(17-31(23)39-34(24)33)25-13-15-29(37-25)27-11-5-19(2)35-27/h3-18H,1-2H3. The molecule has 0 aliphatic heterocycles. The van der Waals surface area contributed by atoms with Crippen molar-refractivity contribution in [2.75, 3.05) is 0 Å². The first-order chi connectivity index (χ1) is 19.6. The Morgan fingerprint density at radius 1 is 0.475 bits per heavy atom. The van der Waals surface area contributed by atoms with Crippen LogP contribution in [0.15, 0.2) is 91.0 Å². The molecule has 0 nitrogen and oxygen atoms in total. The highest BCUT2D eigenvalue weighted by Crippen LogP contribution is 2.47. The molecule has 8 aromatic rings. The fourth-order valence-electron chi connectivity index (χ4n) is 5.12. The van der Waals surface area contributed by atoms with E-state index in [0.717, 1.165) is 0 Å². The van der Waals surface area contributed by atoms with Crippen molar-refractivity contribution in [3.05, 3.63) is 101 Å². The van der Waals surface area contributed by atoms with E-state index in [1.54, 1.807) is 0 Å². The third-order valence-corrected chi connectivity index (χ3v) is 14.3. The van der Waals surface area contributed by atoms with E-state index in [4.69, 9.17) is 0 Å². The van der Waals surface area contributed by atoms with Crippen LogP contribution in [0.2, 0.25) is 0 Å². The highest BCUT2D eigenvalue weighted by Gasteiger charge is 2.15. The summed E-state index contributed by atoms with van der Waals surface area (Å²) in [4.78, 5) is 10.7. The Morgan fingerprint density at radius 2 is 0.975 bits per heavy atom. The Kier molecular flexibility index (Phi) is 6.17. The molecule has 6 heteroatoms. The van der Waals surface area contributed by atoms with Crippen LogP contribution < -0.4 is 0 Å². The SMILES string of the molecule is CC=Cc1ccc(-c2ccc(-c3ccc4c(c3)sc3c5ccc(-c6ccc(-c7ccc(C)s7)s6)cc5sc43)s2)s1. The van der Waals surface area contributed by atoms with E-state index in [2.05, 4.69) is 111 Å². The molecule has 2 aromatic carbocycles. The van der Waals surface area contributed by atoms with Gasteiger partial charge in [0.05, 0.1) is 9.40 Å². The average molecular weight is 623 g/mol. The number of fused-ring (bicyclic) bond motifs is 5. The van der Waals surface area contributed by atoms with Crippen LogP contribution in [0.4, 0.5) is 0 Å². The van der Waals surface area contributed by atoms with Gasteiger partial charge >= 0.3 is 0 Å². The minimum absolute atomic E-state index is 1.31. The van der Waals surface area contributed by atoms with Gasteiger partial charge in [0.25, 0.3) is 0 Å². The van der Waals surface area contributed by atoms with Crippen molar-refractivity contribution in [2.24, 2.45) is 0 Å². The highest BCUT2D eigenvalue weighted by molar-refractivity contribution is 7.36. The van der Waals surface area contributed by atoms with E-state index < -0.39 is 0 Å². The molecule has 0 fully saturated rings. The lowest BCUT2D eigenvalue weighted by Crippen LogP contribution is -1.71. The molecule has 0 radical (unpaired) electrons. The van der Waals surface area contributed by atoms with Gasteiger partial charge in [0.2, 0.25) is 0 Å². The lowest BCUT2D eigenvalue weighted by atomic mass is 10.1. The molecule has 8 rings (SSSR count). The third-order valence-electron chi connectivity index (χ3n) is 7.05. The smallest absolute Gasteiger partial charge is 0.0542 e. The number of hydrogen-bond donors (Lipinski definition) is 0. The Hall–Kier alpha value is -2.84. The van der Waals surface area contributed by atoms with E-state index in [1.165, 1.54) is 79.7 Å². The Labute approximate surface area is 256 Å². The Bertz CT molecular complexity index is 2200. The lowest BCUT2D eigenvalue weighted by Gasteiger charge is -1.99. The molecule has 6 aromatic heterocycles. The summed E-state index contributed by atoms with van der Waals surface area (Å²) in [6.07, 6.45) is 4.28. The summed E-state index contributed by atoms with van der Waals surface area (Å²) in [5.74, 6) is 0. The van der Waals surface area contributed by atoms with Crippen LogP contribution in [-0.4, -0.2) is 0 Å². The van der Waals surface area contributed by atoms with Crippen LogP contribution in [0.5, 0.6) is 0 Å². The van der Waals surface area contributed by atoms with Crippen molar-refractivity contribution >= 4 is 104 Å². The summed E-state index contributed by atoms with van der Waals surface area (Å²) in [6.45, 7) is 4.25. The van der Waals surface area contributed by atoms with Crippen molar-refractivity contribution < 1.29 is 0 Å². The molecule has 0 amide bonds. The zero-order valence-corrected chi connectivity index (χ0v) is 26.6. The topological polar surface area (TPSA) is 0 Å². The van der Waals surface area contributed by atoms with Gasteiger partial charge in [0.15, 0.2) is 0 Å². The van der Waals surface area contributed by atoms with Gasteiger partial charge in [-0.15, -0.1) is 68.0 Å². The number of allylic oxidation sites excluding steroid dienone is 1. The molecule has 0 aliphatic carbocycles. The van der Waals surface area contributed by atoms with Crippen molar-refractivity contribution in [3.8, 4) is 40.4 Å². The maximum atomic E-state index is 2.39. The predicted octanol–water partition coefficient (Wildman–Crippen LogP) is 13.5. The number of hydrogen-bond acceptors (Lipinski definition) is 6. The van der Waals surface area contributed by atoms with Crippen LogP contribution in [0.1, 0.15) is 16.7 Å². The molecular weight excluding hydrogens is 601 g/mol. The van der Waals surface area contributed by atoms with E-state index in [-0.39, 0.29) is 0 Å². The zero-order chi connectivity index (χ0) is 26.8. The Balaban J connectivity index is 1.13. The molecule has 0 aliphatic rings. The van der Waals surface area contributed by atoms with Crippen LogP contribution in [-0.2, 0) is 0 Å². The highest BCUT2D eigenvalue weighted by atomic mass is 32.1. The second-order valence-corrected chi connectivity index (χ2v) is 16.4. The Morgan fingerprint density at radius 3 is 1.52 bits per heavy atom. The molecule has 0 saturated heterocycles. The minimum Gasteiger partial charge on any atom is -0.140 e. The molecule has 0 bridgehead atoms. The van der Waals surface area contributed by atoms with Crippen molar-refractivity contribution in [1.29, 1.82) is 0 Å². The van der Waals surface area contributed by atoms with Gasteiger partial charge < -0.3 is 0 Å². The minimum atomic E-state index is 1.31. The van der Waals surface area contributed by atoms with Crippen LogP contribution >= 0.6 is 68.0 Å². The van der Waals surface area contributed by atoms with E-state index in [1.807, 2.05) is 68.0 Å². The largest absolute Gasteiger partial charge is 0.140 e. The predicted molar refractivity (Wildman–Crippen MR) is 187 cm³/mol. The number of aryl methyl sites for hydroxylation is 1.